The van der Waals surface area contributed by atoms with Crippen LogP contribution in [0.1, 0.15) is 69.4 Å². The number of rotatable bonds is 10. The van der Waals surface area contributed by atoms with Gasteiger partial charge >= 0.3 is 0 Å². The van der Waals surface area contributed by atoms with Crippen molar-refractivity contribution in [2.75, 3.05) is 6.61 Å². The van der Waals surface area contributed by atoms with Gasteiger partial charge in [-0.15, -0.1) is 0 Å². The molecule has 0 saturated carbocycles. The standard InChI is InChI=1S/C21H33NO/c1-2-3-4-5-6-7-9-18-11-13-19(14-12-18)16-20-10-8-15-21(20,22)17-23/h10-14,23H,2-9,15-17,22H2,1H3. The van der Waals surface area contributed by atoms with Crippen LogP contribution in [-0.2, 0) is 12.8 Å². The van der Waals surface area contributed by atoms with Gasteiger partial charge in [-0.1, -0.05) is 69.4 Å². The van der Waals surface area contributed by atoms with Crippen molar-refractivity contribution in [3.63, 3.8) is 0 Å². The van der Waals surface area contributed by atoms with Gasteiger partial charge in [0.05, 0.1) is 12.1 Å². The van der Waals surface area contributed by atoms with Crippen molar-refractivity contribution in [1.82, 2.24) is 0 Å². The summed E-state index contributed by atoms with van der Waals surface area (Å²) < 4.78 is 0. The Kier molecular flexibility index (Phi) is 7.32. The maximum absolute atomic E-state index is 9.53. The minimum Gasteiger partial charge on any atom is -0.394 e. The summed E-state index contributed by atoms with van der Waals surface area (Å²) in [6.45, 7) is 2.31. The molecule has 0 radical (unpaired) electrons. The van der Waals surface area contributed by atoms with E-state index in [4.69, 9.17) is 5.73 Å². The second-order valence-electron chi connectivity index (χ2n) is 7.09. The van der Waals surface area contributed by atoms with Crippen LogP contribution in [0.3, 0.4) is 0 Å². The molecule has 1 aliphatic carbocycles. The van der Waals surface area contributed by atoms with Crippen molar-refractivity contribution >= 4 is 0 Å². The van der Waals surface area contributed by atoms with Crippen LogP contribution in [0.2, 0.25) is 0 Å². The lowest BCUT2D eigenvalue weighted by atomic mass is 9.89. The molecule has 2 heteroatoms. The minimum absolute atomic E-state index is 0.0505. The van der Waals surface area contributed by atoms with E-state index in [1.165, 1.54) is 61.6 Å². The largest absolute Gasteiger partial charge is 0.394 e. The molecule has 1 aromatic rings. The van der Waals surface area contributed by atoms with E-state index in [0.717, 1.165) is 19.3 Å². The van der Waals surface area contributed by atoms with E-state index in [2.05, 4.69) is 37.3 Å². The van der Waals surface area contributed by atoms with Gasteiger partial charge in [0.2, 0.25) is 0 Å². The van der Waals surface area contributed by atoms with Crippen molar-refractivity contribution in [3.8, 4) is 0 Å². The summed E-state index contributed by atoms with van der Waals surface area (Å²) in [6.07, 6.45) is 14.2. The van der Waals surface area contributed by atoms with E-state index in [0.29, 0.717) is 0 Å². The van der Waals surface area contributed by atoms with Crippen LogP contribution in [0.5, 0.6) is 0 Å². The topological polar surface area (TPSA) is 46.2 Å². The number of hydrogen-bond acceptors (Lipinski definition) is 2. The smallest absolute Gasteiger partial charge is 0.0650 e. The zero-order valence-corrected chi connectivity index (χ0v) is 14.7. The molecule has 23 heavy (non-hydrogen) atoms. The molecule has 0 aromatic heterocycles. The number of nitrogens with two attached hydrogens (primary N) is 1. The van der Waals surface area contributed by atoms with Crippen LogP contribution < -0.4 is 5.73 Å². The molecule has 0 spiro atoms. The lowest BCUT2D eigenvalue weighted by Crippen LogP contribution is -2.43. The fourth-order valence-corrected chi connectivity index (χ4v) is 3.45. The molecule has 0 amide bonds. The lowest BCUT2D eigenvalue weighted by Gasteiger charge is -2.25. The molecule has 2 rings (SSSR count). The average molecular weight is 316 g/mol. The normalized spacial score (nSPS) is 20.7. The summed E-state index contributed by atoms with van der Waals surface area (Å²) in [5.41, 5.74) is 9.72. The lowest BCUT2D eigenvalue weighted by molar-refractivity contribution is 0.217. The van der Waals surface area contributed by atoms with E-state index in [1.54, 1.807) is 0 Å². The fraction of sp³-hybridized carbons (Fsp3) is 0.619. The highest BCUT2D eigenvalue weighted by atomic mass is 16.3. The monoisotopic (exact) mass is 315 g/mol. The molecule has 0 heterocycles. The van der Waals surface area contributed by atoms with Crippen LogP contribution in [-0.4, -0.2) is 17.3 Å². The second kappa shape index (κ2) is 9.24. The first-order chi connectivity index (χ1) is 11.2. The highest BCUT2D eigenvalue weighted by molar-refractivity contribution is 5.33. The number of aryl methyl sites for hydroxylation is 1. The fourth-order valence-electron chi connectivity index (χ4n) is 3.45. The number of aliphatic hydroxyl groups excluding tert-OH is 1. The summed E-state index contributed by atoms with van der Waals surface area (Å²) in [6, 6.07) is 8.97. The Morgan fingerprint density at radius 3 is 2.35 bits per heavy atom. The molecule has 1 aromatic carbocycles. The van der Waals surface area contributed by atoms with Crippen molar-refractivity contribution in [2.45, 2.75) is 76.7 Å². The average Bonchev–Trinajstić information content (AvgIpc) is 2.94. The first kappa shape index (κ1) is 18.2. The Labute approximate surface area is 141 Å². The molecule has 2 nitrogen and oxygen atoms in total. The molecule has 0 bridgehead atoms. The van der Waals surface area contributed by atoms with E-state index < -0.39 is 5.54 Å². The third kappa shape index (κ3) is 5.47. The van der Waals surface area contributed by atoms with Crippen molar-refractivity contribution < 1.29 is 5.11 Å². The van der Waals surface area contributed by atoms with Gasteiger partial charge in [-0.3, -0.25) is 0 Å². The van der Waals surface area contributed by atoms with Gasteiger partial charge in [0.15, 0.2) is 0 Å². The number of unbranched alkanes of at least 4 members (excludes halogenated alkanes) is 5. The SMILES string of the molecule is CCCCCCCCc1ccc(CC2=CCCC2(N)CO)cc1. The van der Waals surface area contributed by atoms with Crippen molar-refractivity contribution in [2.24, 2.45) is 5.73 Å². The summed E-state index contributed by atoms with van der Waals surface area (Å²) in [5, 5.41) is 9.53. The van der Waals surface area contributed by atoms with E-state index >= 15 is 0 Å². The summed E-state index contributed by atoms with van der Waals surface area (Å²) >= 11 is 0. The van der Waals surface area contributed by atoms with Gasteiger partial charge < -0.3 is 10.8 Å². The third-order valence-electron chi connectivity index (χ3n) is 5.14. The summed E-state index contributed by atoms with van der Waals surface area (Å²) in [5.74, 6) is 0. The van der Waals surface area contributed by atoms with Crippen molar-refractivity contribution in [1.29, 1.82) is 0 Å². The molecule has 0 saturated heterocycles. The maximum atomic E-state index is 9.53. The molecule has 0 aliphatic heterocycles. The zero-order valence-electron chi connectivity index (χ0n) is 14.7. The number of aliphatic hydroxyl groups is 1. The summed E-state index contributed by atoms with van der Waals surface area (Å²) in [4.78, 5) is 0. The Morgan fingerprint density at radius 2 is 1.65 bits per heavy atom. The molecular formula is C21H33NO. The van der Waals surface area contributed by atoms with E-state index in [1.807, 2.05) is 0 Å². The van der Waals surface area contributed by atoms with E-state index in [-0.39, 0.29) is 6.61 Å². The zero-order chi connectivity index (χ0) is 16.5. The molecule has 1 aliphatic rings. The number of allylic oxidation sites excluding steroid dienone is 1. The Balaban J connectivity index is 1.76. The van der Waals surface area contributed by atoms with Crippen LogP contribution in [0.4, 0.5) is 0 Å². The molecule has 128 valence electrons. The molecular weight excluding hydrogens is 282 g/mol. The van der Waals surface area contributed by atoms with Gasteiger partial charge in [-0.2, -0.15) is 0 Å². The van der Waals surface area contributed by atoms with Gasteiger partial charge in [0.1, 0.15) is 0 Å². The van der Waals surface area contributed by atoms with Crippen molar-refractivity contribution in [3.05, 3.63) is 47.0 Å². The van der Waals surface area contributed by atoms with E-state index in [9.17, 15) is 5.11 Å². The molecule has 3 N–H and O–H groups in total. The number of benzene rings is 1. The first-order valence-corrected chi connectivity index (χ1v) is 9.35. The predicted octanol–water partition coefficient (Wildman–Crippen LogP) is 4.54. The Morgan fingerprint density at radius 1 is 1.00 bits per heavy atom. The predicted molar refractivity (Wildman–Crippen MR) is 98.5 cm³/mol. The van der Waals surface area contributed by atoms with Crippen LogP contribution in [0.15, 0.2) is 35.9 Å². The molecule has 1 unspecified atom stereocenters. The van der Waals surface area contributed by atoms with Gasteiger partial charge in [-0.05, 0) is 48.8 Å². The summed E-state index contributed by atoms with van der Waals surface area (Å²) in [7, 11) is 0. The quantitative estimate of drug-likeness (QED) is 0.492. The molecule has 0 fully saturated rings. The Bertz CT molecular complexity index is 491. The second-order valence-corrected chi connectivity index (χ2v) is 7.09. The van der Waals surface area contributed by atoms with Crippen LogP contribution in [0.25, 0.3) is 0 Å². The van der Waals surface area contributed by atoms with Gasteiger partial charge in [0.25, 0.3) is 0 Å². The van der Waals surface area contributed by atoms with Crippen LogP contribution in [0, 0.1) is 0 Å². The van der Waals surface area contributed by atoms with Crippen LogP contribution >= 0.6 is 0 Å². The first-order valence-electron chi connectivity index (χ1n) is 9.35. The highest BCUT2D eigenvalue weighted by Gasteiger charge is 2.31. The minimum atomic E-state index is -0.489. The maximum Gasteiger partial charge on any atom is 0.0650 e. The van der Waals surface area contributed by atoms with Gasteiger partial charge in [-0.25, -0.2) is 0 Å². The third-order valence-corrected chi connectivity index (χ3v) is 5.14. The highest BCUT2D eigenvalue weighted by Crippen LogP contribution is 2.30. The number of hydrogen-bond donors (Lipinski definition) is 2. The molecule has 1 atom stereocenters. The van der Waals surface area contributed by atoms with Gasteiger partial charge in [0, 0.05) is 0 Å². The Hall–Kier alpha value is -1.12.